The topological polar surface area (TPSA) is 16.4 Å². The number of para-hydroxylation sites is 2. The second-order valence-electron chi connectivity index (χ2n) is 14.1. The fraction of sp³-hybridized carbons (Fsp3) is 0. The molecule has 0 fully saturated rings. The Kier molecular flexibility index (Phi) is 6.90. The van der Waals surface area contributed by atoms with Crippen molar-refractivity contribution in [2.45, 2.75) is 0 Å². The van der Waals surface area contributed by atoms with Crippen LogP contribution >= 0.6 is 0 Å². The first-order valence-electron chi connectivity index (χ1n) is 18.5. The molecule has 0 amide bonds. The van der Waals surface area contributed by atoms with Gasteiger partial charge < -0.3 is 9.32 Å². The van der Waals surface area contributed by atoms with Gasteiger partial charge in [0, 0.05) is 38.4 Å². The number of benzene rings is 10. The number of fused-ring (bicyclic) bond motifs is 9. The molecule has 0 N–H and O–H groups in total. The number of rotatable bonds is 5. The van der Waals surface area contributed by atoms with Crippen molar-refractivity contribution in [3.63, 3.8) is 0 Å². The van der Waals surface area contributed by atoms with Crippen LogP contribution in [0.2, 0.25) is 0 Å². The smallest absolute Gasteiger partial charge is 0.143 e. The summed E-state index contributed by atoms with van der Waals surface area (Å²) in [7, 11) is 0. The Labute approximate surface area is 312 Å². The minimum atomic E-state index is 0.895. The lowest BCUT2D eigenvalue weighted by Crippen LogP contribution is -2.12. The number of anilines is 3. The molecule has 10 aromatic carbocycles. The van der Waals surface area contributed by atoms with Gasteiger partial charge in [-0.15, -0.1) is 0 Å². The fourth-order valence-corrected chi connectivity index (χ4v) is 8.43. The summed E-state index contributed by atoms with van der Waals surface area (Å²) in [5.74, 6) is 0. The molecule has 0 saturated carbocycles. The van der Waals surface area contributed by atoms with Gasteiger partial charge >= 0.3 is 0 Å². The predicted molar refractivity (Wildman–Crippen MR) is 229 cm³/mol. The predicted octanol–water partition coefficient (Wildman–Crippen LogP) is 15.0. The molecule has 0 radical (unpaired) electrons. The average molecular weight is 688 g/mol. The molecule has 0 aliphatic carbocycles. The van der Waals surface area contributed by atoms with Crippen LogP contribution in [0.1, 0.15) is 0 Å². The van der Waals surface area contributed by atoms with Crippen LogP contribution in [-0.2, 0) is 0 Å². The van der Waals surface area contributed by atoms with E-state index in [1.54, 1.807) is 0 Å². The van der Waals surface area contributed by atoms with Gasteiger partial charge in [0.05, 0.1) is 11.4 Å². The van der Waals surface area contributed by atoms with Crippen LogP contribution in [0.15, 0.2) is 205 Å². The zero-order chi connectivity index (χ0) is 35.6. The molecular formula is C52H33NO. The monoisotopic (exact) mass is 687 g/mol. The minimum absolute atomic E-state index is 0.895. The summed E-state index contributed by atoms with van der Waals surface area (Å²) in [6.45, 7) is 0. The van der Waals surface area contributed by atoms with Crippen molar-refractivity contribution >= 4 is 82.1 Å². The van der Waals surface area contributed by atoms with Crippen molar-refractivity contribution in [3.05, 3.63) is 200 Å². The Bertz CT molecular complexity index is 3230. The molecule has 1 heterocycles. The third-order valence-corrected chi connectivity index (χ3v) is 11.0. The number of hydrogen-bond donors (Lipinski definition) is 0. The molecule has 0 bridgehead atoms. The molecule has 252 valence electrons. The maximum atomic E-state index is 6.90. The SMILES string of the molecule is c1ccc(N(c2ccc(-c3ccc4ccccc4c3)cc2)c2cc3ccccc3c3ccccc23)c(-c2cccc3c2oc2c4ccccc4ccc32)c1. The van der Waals surface area contributed by atoms with Gasteiger partial charge in [-0.3, -0.25) is 0 Å². The van der Waals surface area contributed by atoms with E-state index in [4.69, 9.17) is 4.42 Å². The van der Waals surface area contributed by atoms with Crippen LogP contribution in [0, 0.1) is 0 Å². The highest BCUT2D eigenvalue weighted by molar-refractivity contribution is 6.19. The normalized spacial score (nSPS) is 11.7. The summed E-state index contributed by atoms with van der Waals surface area (Å²) in [4.78, 5) is 2.44. The van der Waals surface area contributed by atoms with Crippen molar-refractivity contribution < 1.29 is 4.42 Å². The molecule has 0 aliphatic rings. The van der Waals surface area contributed by atoms with E-state index < -0.39 is 0 Å². The Balaban J connectivity index is 1.15. The van der Waals surface area contributed by atoms with Gasteiger partial charge in [0.25, 0.3) is 0 Å². The van der Waals surface area contributed by atoms with Crippen molar-refractivity contribution in [2.75, 3.05) is 4.90 Å². The molecule has 0 aliphatic heterocycles. The Morgan fingerprint density at radius 1 is 0.296 bits per heavy atom. The van der Waals surface area contributed by atoms with Crippen molar-refractivity contribution in [1.29, 1.82) is 0 Å². The first-order valence-corrected chi connectivity index (χ1v) is 18.5. The van der Waals surface area contributed by atoms with E-state index in [-0.39, 0.29) is 0 Å². The van der Waals surface area contributed by atoms with Gasteiger partial charge in [-0.1, -0.05) is 164 Å². The van der Waals surface area contributed by atoms with E-state index in [1.165, 1.54) is 48.8 Å². The molecule has 0 saturated heterocycles. The van der Waals surface area contributed by atoms with E-state index >= 15 is 0 Å². The molecular weight excluding hydrogens is 655 g/mol. The highest BCUT2D eigenvalue weighted by Gasteiger charge is 2.23. The lowest BCUT2D eigenvalue weighted by Gasteiger charge is -2.29. The van der Waals surface area contributed by atoms with Crippen LogP contribution in [0.4, 0.5) is 17.1 Å². The summed E-state index contributed by atoms with van der Waals surface area (Å²) in [5.41, 5.74) is 9.64. The standard InChI is InChI=1S/C52H33NO/c1-2-14-37-32-38(25-24-34(37)12-1)35-26-29-40(30-27-35)53(50-33-39-15-4-5-16-41(39)43-18-7-8-19-44(43)50)49-23-10-9-20-45(49)46-21-11-22-47-48-31-28-36-13-3-6-17-42(36)51(48)54-52(46)47/h1-33H. The van der Waals surface area contributed by atoms with Crippen LogP contribution in [0.5, 0.6) is 0 Å². The van der Waals surface area contributed by atoms with Crippen molar-refractivity contribution in [3.8, 4) is 22.3 Å². The largest absolute Gasteiger partial charge is 0.455 e. The van der Waals surface area contributed by atoms with Gasteiger partial charge in [-0.25, -0.2) is 0 Å². The van der Waals surface area contributed by atoms with E-state index in [0.717, 1.165) is 55.5 Å². The maximum Gasteiger partial charge on any atom is 0.143 e. The Morgan fingerprint density at radius 2 is 0.889 bits per heavy atom. The first-order chi connectivity index (χ1) is 26.8. The molecule has 1 aromatic heterocycles. The fourth-order valence-electron chi connectivity index (χ4n) is 8.43. The molecule has 11 aromatic rings. The van der Waals surface area contributed by atoms with Crippen LogP contribution < -0.4 is 4.90 Å². The summed E-state index contributed by atoms with van der Waals surface area (Å²) >= 11 is 0. The van der Waals surface area contributed by atoms with E-state index in [0.29, 0.717) is 0 Å². The Morgan fingerprint density at radius 3 is 1.74 bits per heavy atom. The molecule has 0 unspecified atom stereocenters. The second kappa shape index (κ2) is 12.2. The molecule has 54 heavy (non-hydrogen) atoms. The highest BCUT2D eigenvalue weighted by Crippen LogP contribution is 2.47. The molecule has 11 rings (SSSR count). The molecule has 0 spiro atoms. The van der Waals surface area contributed by atoms with Gasteiger partial charge in [-0.2, -0.15) is 0 Å². The quantitative estimate of drug-likeness (QED) is 0.168. The first kappa shape index (κ1) is 30.5. The van der Waals surface area contributed by atoms with Gasteiger partial charge in [0.15, 0.2) is 0 Å². The zero-order valence-electron chi connectivity index (χ0n) is 29.4. The summed E-state index contributed by atoms with van der Waals surface area (Å²) in [6, 6.07) is 72.3. The molecule has 2 nitrogen and oxygen atoms in total. The third-order valence-electron chi connectivity index (χ3n) is 11.0. The summed E-state index contributed by atoms with van der Waals surface area (Å²) in [5, 5.41) is 11.9. The molecule has 2 heteroatoms. The maximum absolute atomic E-state index is 6.90. The number of hydrogen-bond acceptors (Lipinski definition) is 2. The van der Waals surface area contributed by atoms with Gasteiger partial charge in [-0.05, 0) is 79.8 Å². The zero-order valence-corrected chi connectivity index (χ0v) is 29.4. The van der Waals surface area contributed by atoms with E-state index in [2.05, 4.69) is 205 Å². The van der Waals surface area contributed by atoms with E-state index in [9.17, 15) is 0 Å². The lowest BCUT2D eigenvalue weighted by atomic mass is 9.96. The number of nitrogens with zero attached hydrogens (tertiary/aromatic N) is 1. The number of furan rings is 1. The van der Waals surface area contributed by atoms with Crippen molar-refractivity contribution in [1.82, 2.24) is 0 Å². The van der Waals surface area contributed by atoms with Crippen LogP contribution in [0.3, 0.4) is 0 Å². The summed E-state index contributed by atoms with van der Waals surface area (Å²) < 4.78 is 6.90. The van der Waals surface area contributed by atoms with E-state index in [1.807, 2.05) is 0 Å². The van der Waals surface area contributed by atoms with Gasteiger partial charge in [0.1, 0.15) is 11.2 Å². The van der Waals surface area contributed by atoms with Crippen LogP contribution in [0.25, 0.3) is 87.3 Å². The second-order valence-corrected chi connectivity index (χ2v) is 14.1. The molecule has 0 atom stereocenters. The van der Waals surface area contributed by atoms with Gasteiger partial charge in [0.2, 0.25) is 0 Å². The average Bonchev–Trinajstić information content (AvgIpc) is 3.64. The lowest BCUT2D eigenvalue weighted by molar-refractivity contribution is 0.674. The minimum Gasteiger partial charge on any atom is -0.455 e. The van der Waals surface area contributed by atoms with Crippen LogP contribution in [-0.4, -0.2) is 0 Å². The Hall–Kier alpha value is -7.16. The summed E-state index contributed by atoms with van der Waals surface area (Å²) in [6.07, 6.45) is 0. The highest BCUT2D eigenvalue weighted by atomic mass is 16.3. The van der Waals surface area contributed by atoms with Crippen molar-refractivity contribution in [2.24, 2.45) is 0 Å². The third kappa shape index (κ3) is 4.81.